The third-order valence-corrected chi connectivity index (χ3v) is 8.58. The highest BCUT2D eigenvalue weighted by atomic mass is 79.9. The van der Waals surface area contributed by atoms with Crippen LogP contribution in [0.15, 0.2) is 0 Å². The van der Waals surface area contributed by atoms with E-state index in [-0.39, 0.29) is 0 Å². The van der Waals surface area contributed by atoms with Crippen LogP contribution >= 0.6 is 15.9 Å². The maximum atomic E-state index is 3.68. The van der Waals surface area contributed by atoms with Gasteiger partial charge in [0.15, 0.2) is 0 Å². The quantitative estimate of drug-likeness (QED) is 0.457. The number of hydrogen-bond acceptors (Lipinski definition) is 0. The van der Waals surface area contributed by atoms with Gasteiger partial charge in [-0.2, -0.15) is 0 Å². The van der Waals surface area contributed by atoms with E-state index in [0.717, 1.165) is 4.83 Å². The van der Waals surface area contributed by atoms with Gasteiger partial charge < -0.3 is 0 Å². The van der Waals surface area contributed by atoms with Crippen molar-refractivity contribution in [2.75, 3.05) is 0 Å². The summed E-state index contributed by atoms with van der Waals surface area (Å²) in [6.45, 7) is 9.77. The van der Waals surface area contributed by atoms with E-state index in [9.17, 15) is 0 Å². The first kappa shape index (κ1) is 7.80. The van der Waals surface area contributed by atoms with Gasteiger partial charge >= 0.3 is 0 Å². The molecular weight excluding hydrogens is 192 g/mol. The highest BCUT2D eigenvalue weighted by molar-refractivity contribution is 9.09. The van der Waals surface area contributed by atoms with Crippen molar-refractivity contribution >= 4 is 24.0 Å². The van der Waals surface area contributed by atoms with Gasteiger partial charge in [-0.1, -0.05) is 42.5 Å². The van der Waals surface area contributed by atoms with Crippen LogP contribution in [0.3, 0.4) is 0 Å². The minimum Gasteiger partial charge on any atom is -0.0888 e. The zero-order valence-corrected chi connectivity index (χ0v) is 9.25. The van der Waals surface area contributed by atoms with E-state index >= 15 is 0 Å². The average molecular weight is 207 g/mol. The Balaban J connectivity index is 2.64. The van der Waals surface area contributed by atoms with E-state index in [2.05, 4.69) is 42.5 Å². The molecular formula is C7H15BrSi. The molecule has 2 heteroatoms. The van der Waals surface area contributed by atoms with Gasteiger partial charge in [0.1, 0.15) is 0 Å². The van der Waals surface area contributed by atoms with Gasteiger partial charge in [0.25, 0.3) is 0 Å². The molecule has 0 aliphatic heterocycles. The minimum absolute atomic E-state index is 0.701. The van der Waals surface area contributed by atoms with Crippen LogP contribution in [0.4, 0.5) is 0 Å². The predicted octanol–water partition coefficient (Wildman–Crippen LogP) is 3.25. The zero-order chi connectivity index (χ0) is 7.28. The monoisotopic (exact) mass is 206 g/mol. The number of hydrogen-bond donors (Lipinski definition) is 0. The summed E-state index contributed by atoms with van der Waals surface area (Å²) in [4.78, 5) is 0.830. The van der Waals surface area contributed by atoms with Crippen molar-refractivity contribution in [3.63, 3.8) is 0 Å². The molecule has 1 fully saturated rings. The van der Waals surface area contributed by atoms with Gasteiger partial charge in [-0.25, -0.2) is 0 Å². The molecule has 1 saturated carbocycles. The average Bonchev–Trinajstić information content (AvgIpc) is 2.13. The molecule has 0 N–H and O–H groups in total. The molecule has 54 valence electrons. The van der Waals surface area contributed by atoms with Crippen molar-refractivity contribution in [2.24, 2.45) is 0 Å². The fraction of sp³-hybridized carbons (Fsp3) is 1.00. The Hall–Kier alpha value is 0.697. The van der Waals surface area contributed by atoms with Crippen molar-refractivity contribution in [3.8, 4) is 0 Å². The molecule has 0 amide bonds. The second-order valence-electron chi connectivity index (χ2n) is 4.34. The standard InChI is InChI=1S/C7H15BrSi/c1-7(5-6(7)8)9(2,3)4/h6H,5H2,1-4H3. The summed E-state index contributed by atoms with van der Waals surface area (Å²) < 4.78 is 0. The molecule has 0 aromatic rings. The van der Waals surface area contributed by atoms with Crippen molar-refractivity contribution in [3.05, 3.63) is 0 Å². The first-order chi connectivity index (χ1) is 3.88. The largest absolute Gasteiger partial charge is 0.0888 e. The molecule has 1 aliphatic rings. The van der Waals surface area contributed by atoms with Crippen molar-refractivity contribution in [1.82, 2.24) is 0 Å². The van der Waals surface area contributed by atoms with Crippen LogP contribution in [-0.2, 0) is 0 Å². The van der Waals surface area contributed by atoms with Crippen LogP contribution < -0.4 is 0 Å². The first-order valence-electron chi connectivity index (χ1n) is 3.52. The molecule has 0 radical (unpaired) electrons. The SMILES string of the molecule is CC1([Si](C)(C)C)CC1Br. The van der Waals surface area contributed by atoms with E-state index in [1.165, 1.54) is 6.42 Å². The smallest absolute Gasteiger partial charge is 0.0516 e. The highest BCUT2D eigenvalue weighted by Crippen LogP contribution is 2.64. The second kappa shape index (κ2) is 1.85. The fourth-order valence-electron chi connectivity index (χ4n) is 1.09. The number of alkyl halides is 1. The van der Waals surface area contributed by atoms with Gasteiger partial charge in [-0.3, -0.25) is 0 Å². The van der Waals surface area contributed by atoms with E-state index in [4.69, 9.17) is 0 Å². The first-order valence-corrected chi connectivity index (χ1v) is 7.93. The Morgan fingerprint density at radius 3 is 1.78 bits per heavy atom. The molecule has 1 aliphatic carbocycles. The molecule has 0 heterocycles. The van der Waals surface area contributed by atoms with E-state index in [0.29, 0.717) is 5.04 Å². The number of rotatable bonds is 1. The normalized spacial score (nSPS) is 43.0. The molecule has 0 spiro atoms. The Morgan fingerprint density at radius 2 is 1.78 bits per heavy atom. The summed E-state index contributed by atoms with van der Waals surface area (Å²) in [6, 6.07) is 0. The fourth-order valence-corrected chi connectivity index (χ4v) is 5.88. The molecule has 9 heavy (non-hydrogen) atoms. The molecule has 2 atom stereocenters. The predicted molar refractivity (Wildman–Crippen MR) is 49.0 cm³/mol. The van der Waals surface area contributed by atoms with Gasteiger partial charge in [0.05, 0.1) is 8.07 Å². The van der Waals surface area contributed by atoms with E-state index < -0.39 is 8.07 Å². The lowest BCUT2D eigenvalue weighted by Gasteiger charge is -2.24. The Morgan fingerprint density at radius 1 is 1.44 bits per heavy atom. The summed E-state index contributed by atoms with van der Waals surface area (Å²) in [7, 11) is -0.858. The Kier molecular flexibility index (Phi) is 1.60. The molecule has 0 aromatic heterocycles. The maximum absolute atomic E-state index is 3.68. The van der Waals surface area contributed by atoms with Crippen LogP contribution in [0.25, 0.3) is 0 Å². The van der Waals surface area contributed by atoms with Gasteiger partial charge in [0, 0.05) is 4.83 Å². The summed E-state index contributed by atoms with van der Waals surface area (Å²) >= 11 is 3.68. The third-order valence-electron chi connectivity index (χ3n) is 2.85. The summed E-state index contributed by atoms with van der Waals surface area (Å²) in [6.07, 6.45) is 1.41. The molecule has 0 bridgehead atoms. The lowest BCUT2D eigenvalue weighted by molar-refractivity contribution is 0.954. The van der Waals surface area contributed by atoms with E-state index in [1.807, 2.05) is 0 Å². The topological polar surface area (TPSA) is 0 Å². The minimum atomic E-state index is -0.858. The lowest BCUT2D eigenvalue weighted by Crippen LogP contribution is -2.28. The molecule has 1 rings (SSSR count). The van der Waals surface area contributed by atoms with Crippen LogP contribution in [0.2, 0.25) is 24.7 Å². The van der Waals surface area contributed by atoms with Gasteiger partial charge in [-0.05, 0) is 11.5 Å². The van der Waals surface area contributed by atoms with E-state index in [1.54, 1.807) is 0 Å². The second-order valence-corrected chi connectivity index (χ2v) is 11.1. The summed E-state index contributed by atoms with van der Waals surface area (Å²) in [5, 5.41) is 0.701. The molecule has 0 nitrogen and oxygen atoms in total. The Bertz CT molecular complexity index is 127. The molecule has 0 aromatic carbocycles. The van der Waals surface area contributed by atoms with Gasteiger partial charge in [0.2, 0.25) is 0 Å². The maximum Gasteiger partial charge on any atom is 0.0516 e. The molecule has 2 unspecified atom stereocenters. The van der Waals surface area contributed by atoms with Crippen LogP contribution in [0.1, 0.15) is 13.3 Å². The zero-order valence-electron chi connectivity index (χ0n) is 6.66. The Labute approximate surface area is 67.2 Å². The van der Waals surface area contributed by atoms with Crippen LogP contribution in [0.5, 0.6) is 0 Å². The van der Waals surface area contributed by atoms with Crippen molar-refractivity contribution in [1.29, 1.82) is 0 Å². The van der Waals surface area contributed by atoms with Crippen LogP contribution in [0, 0.1) is 0 Å². The number of halogens is 1. The lowest BCUT2D eigenvalue weighted by atomic mass is 10.5. The molecule has 0 saturated heterocycles. The summed E-state index contributed by atoms with van der Waals surface area (Å²) in [5.41, 5.74) is 0. The van der Waals surface area contributed by atoms with Crippen LogP contribution in [-0.4, -0.2) is 12.9 Å². The third kappa shape index (κ3) is 1.12. The highest BCUT2D eigenvalue weighted by Gasteiger charge is 2.56. The summed E-state index contributed by atoms with van der Waals surface area (Å²) in [5.74, 6) is 0. The van der Waals surface area contributed by atoms with Gasteiger partial charge in [-0.15, -0.1) is 0 Å². The van der Waals surface area contributed by atoms with Crippen molar-refractivity contribution in [2.45, 2.75) is 42.9 Å². The van der Waals surface area contributed by atoms with Crippen molar-refractivity contribution < 1.29 is 0 Å².